The molecule has 0 N–H and O–H groups in total. The van der Waals surface area contributed by atoms with E-state index >= 15 is 0 Å². The van der Waals surface area contributed by atoms with Crippen LogP contribution in [0.5, 0.6) is 0 Å². The van der Waals surface area contributed by atoms with Gasteiger partial charge in [-0.15, -0.1) is 10.2 Å². The van der Waals surface area contributed by atoms with Gasteiger partial charge in [0.1, 0.15) is 11.4 Å². The lowest BCUT2D eigenvalue weighted by atomic mass is 10.2. The SMILES string of the molecule is CCn1c(Sc2ncnc3ccc(Br)cc23)nnc1N1CCOCC1. The number of aromatic nitrogens is 5. The summed E-state index contributed by atoms with van der Waals surface area (Å²) in [6.07, 6.45) is 1.59. The number of halogens is 1. The van der Waals surface area contributed by atoms with Gasteiger partial charge >= 0.3 is 0 Å². The average molecular weight is 421 g/mol. The molecule has 0 saturated carbocycles. The van der Waals surface area contributed by atoms with Crippen LogP contribution in [0.25, 0.3) is 10.9 Å². The van der Waals surface area contributed by atoms with E-state index in [0.717, 1.165) is 64.4 Å². The molecule has 0 bridgehead atoms. The van der Waals surface area contributed by atoms with Crippen LogP contribution in [0.2, 0.25) is 0 Å². The summed E-state index contributed by atoms with van der Waals surface area (Å²) in [6.45, 7) is 6.03. The molecule has 4 rings (SSSR count). The predicted octanol–water partition coefficient (Wildman–Crippen LogP) is 2.99. The van der Waals surface area contributed by atoms with Crippen LogP contribution in [0.4, 0.5) is 5.95 Å². The molecule has 1 aliphatic rings. The van der Waals surface area contributed by atoms with Crippen molar-refractivity contribution in [3.8, 4) is 0 Å². The van der Waals surface area contributed by atoms with E-state index in [2.05, 4.69) is 52.5 Å². The molecule has 25 heavy (non-hydrogen) atoms. The molecular weight excluding hydrogens is 404 g/mol. The molecule has 1 fully saturated rings. The van der Waals surface area contributed by atoms with Gasteiger partial charge in [0.2, 0.25) is 5.95 Å². The maximum Gasteiger partial charge on any atom is 0.228 e. The summed E-state index contributed by atoms with van der Waals surface area (Å²) in [5.41, 5.74) is 0.914. The fourth-order valence-electron chi connectivity index (χ4n) is 2.80. The van der Waals surface area contributed by atoms with Crippen molar-refractivity contribution >= 4 is 44.5 Å². The van der Waals surface area contributed by atoms with Crippen LogP contribution in [0.15, 0.2) is 39.2 Å². The fourth-order valence-corrected chi connectivity index (χ4v) is 4.11. The molecule has 3 heterocycles. The van der Waals surface area contributed by atoms with Crippen molar-refractivity contribution in [1.82, 2.24) is 24.7 Å². The first-order valence-electron chi connectivity index (χ1n) is 8.10. The third-order valence-electron chi connectivity index (χ3n) is 4.06. The minimum Gasteiger partial charge on any atom is -0.378 e. The monoisotopic (exact) mass is 420 g/mol. The Balaban J connectivity index is 1.69. The minimum atomic E-state index is 0.726. The number of fused-ring (bicyclic) bond motifs is 1. The van der Waals surface area contributed by atoms with Crippen LogP contribution >= 0.6 is 27.7 Å². The van der Waals surface area contributed by atoms with Gasteiger partial charge in [0, 0.05) is 29.5 Å². The summed E-state index contributed by atoms with van der Waals surface area (Å²) in [6, 6.07) is 6.00. The second-order valence-corrected chi connectivity index (χ2v) is 7.44. The number of benzene rings is 1. The van der Waals surface area contributed by atoms with Crippen molar-refractivity contribution in [1.29, 1.82) is 0 Å². The Morgan fingerprint density at radius 1 is 1.20 bits per heavy atom. The van der Waals surface area contributed by atoms with Gasteiger partial charge in [-0.1, -0.05) is 15.9 Å². The van der Waals surface area contributed by atoms with Crippen LogP contribution in [0, 0.1) is 0 Å². The van der Waals surface area contributed by atoms with Gasteiger partial charge in [0.25, 0.3) is 0 Å². The highest BCUT2D eigenvalue weighted by molar-refractivity contribution is 9.10. The Morgan fingerprint density at radius 3 is 2.84 bits per heavy atom. The highest BCUT2D eigenvalue weighted by Gasteiger charge is 2.21. The second-order valence-electron chi connectivity index (χ2n) is 5.57. The van der Waals surface area contributed by atoms with Gasteiger partial charge in [-0.3, -0.25) is 4.57 Å². The van der Waals surface area contributed by atoms with E-state index in [-0.39, 0.29) is 0 Å². The van der Waals surface area contributed by atoms with Crippen LogP contribution in [0.3, 0.4) is 0 Å². The first-order valence-corrected chi connectivity index (χ1v) is 9.71. The molecule has 2 aromatic heterocycles. The summed E-state index contributed by atoms with van der Waals surface area (Å²) in [4.78, 5) is 11.0. The predicted molar refractivity (Wildman–Crippen MR) is 100 cm³/mol. The van der Waals surface area contributed by atoms with Gasteiger partial charge in [-0.2, -0.15) is 0 Å². The lowest BCUT2D eigenvalue weighted by Crippen LogP contribution is -2.38. The summed E-state index contributed by atoms with van der Waals surface area (Å²) in [7, 11) is 0. The number of morpholine rings is 1. The van der Waals surface area contributed by atoms with E-state index in [9.17, 15) is 0 Å². The molecule has 1 aliphatic heterocycles. The molecule has 1 saturated heterocycles. The Hall–Kier alpha value is -1.71. The molecule has 9 heteroatoms. The molecule has 0 amide bonds. The Morgan fingerprint density at radius 2 is 2.04 bits per heavy atom. The Kier molecular flexibility index (Phi) is 4.87. The first-order chi connectivity index (χ1) is 12.3. The van der Waals surface area contributed by atoms with Crippen LogP contribution in [-0.4, -0.2) is 51.0 Å². The topological polar surface area (TPSA) is 69.0 Å². The molecule has 0 radical (unpaired) electrons. The van der Waals surface area contributed by atoms with Gasteiger partial charge < -0.3 is 9.64 Å². The lowest BCUT2D eigenvalue weighted by molar-refractivity contribution is 0.121. The molecule has 0 spiro atoms. The highest BCUT2D eigenvalue weighted by Crippen LogP contribution is 2.33. The van der Waals surface area contributed by atoms with Crippen molar-refractivity contribution in [2.24, 2.45) is 0 Å². The molecule has 0 unspecified atom stereocenters. The quantitative estimate of drug-likeness (QED) is 0.600. The summed E-state index contributed by atoms with van der Waals surface area (Å²) < 4.78 is 8.56. The fraction of sp³-hybridized carbons (Fsp3) is 0.375. The zero-order valence-electron chi connectivity index (χ0n) is 13.7. The van der Waals surface area contributed by atoms with Crippen LogP contribution in [0.1, 0.15) is 6.92 Å². The number of anilines is 1. The van der Waals surface area contributed by atoms with E-state index in [1.807, 2.05) is 18.2 Å². The van der Waals surface area contributed by atoms with Crippen molar-refractivity contribution in [2.45, 2.75) is 23.7 Å². The van der Waals surface area contributed by atoms with Crippen molar-refractivity contribution in [2.75, 3.05) is 31.2 Å². The third kappa shape index (κ3) is 3.36. The van der Waals surface area contributed by atoms with Crippen molar-refractivity contribution in [3.63, 3.8) is 0 Å². The maximum atomic E-state index is 5.43. The van der Waals surface area contributed by atoms with Gasteiger partial charge in [-0.05, 0) is 36.9 Å². The summed E-state index contributed by atoms with van der Waals surface area (Å²) in [5, 5.41) is 11.5. The van der Waals surface area contributed by atoms with E-state index < -0.39 is 0 Å². The Labute approximate surface area is 157 Å². The van der Waals surface area contributed by atoms with Gasteiger partial charge in [0.05, 0.1) is 18.7 Å². The summed E-state index contributed by atoms with van der Waals surface area (Å²) in [5.74, 6) is 0.896. The number of nitrogens with zero attached hydrogens (tertiary/aromatic N) is 6. The largest absolute Gasteiger partial charge is 0.378 e. The Bertz CT molecular complexity index is 895. The maximum absolute atomic E-state index is 5.43. The third-order valence-corrected chi connectivity index (χ3v) is 5.55. The zero-order valence-corrected chi connectivity index (χ0v) is 16.1. The molecule has 3 aromatic rings. The van der Waals surface area contributed by atoms with E-state index in [1.54, 1.807) is 6.33 Å². The van der Waals surface area contributed by atoms with Crippen LogP contribution < -0.4 is 4.90 Å². The molecular formula is C16H17BrN6OS. The second kappa shape index (κ2) is 7.27. The zero-order chi connectivity index (χ0) is 17.2. The lowest BCUT2D eigenvalue weighted by Gasteiger charge is -2.27. The standard InChI is InChI=1S/C16H17BrN6OS/c1-2-23-15(22-5-7-24-8-6-22)20-21-16(23)25-14-12-9-11(17)3-4-13(12)18-10-19-14/h3-4,9-10H,2,5-8H2,1H3. The van der Waals surface area contributed by atoms with Crippen molar-refractivity contribution < 1.29 is 4.74 Å². The highest BCUT2D eigenvalue weighted by atomic mass is 79.9. The van der Waals surface area contributed by atoms with Gasteiger partial charge in [-0.25, -0.2) is 9.97 Å². The number of ether oxygens (including phenoxy) is 1. The number of hydrogen-bond acceptors (Lipinski definition) is 7. The molecule has 0 atom stereocenters. The smallest absolute Gasteiger partial charge is 0.228 e. The van der Waals surface area contributed by atoms with Crippen LogP contribution in [-0.2, 0) is 11.3 Å². The number of hydrogen-bond donors (Lipinski definition) is 0. The van der Waals surface area contributed by atoms with E-state index in [1.165, 1.54) is 11.8 Å². The molecule has 7 nitrogen and oxygen atoms in total. The van der Waals surface area contributed by atoms with E-state index in [0.29, 0.717) is 0 Å². The van der Waals surface area contributed by atoms with Crippen molar-refractivity contribution in [3.05, 3.63) is 29.0 Å². The summed E-state index contributed by atoms with van der Waals surface area (Å²) >= 11 is 5.04. The van der Waals surface area contributed by atoms with Gasteiger partial charge in [0.15, 0.2) is 5.16 Å². The molecule has 1 aromatic carbocycles. The first kappa shape index (κ1) is 16.7. The molecule has 0 aliphatic carbocycles. The normalized spacial score (nSPS) is 15.0. The minimum absolute atomic E-state index is 0.726. The van der Waals surface area contributed by atoms with E-state index in [4.69, 9.17) is 4.74 Å². The number of rotatable bonds is 4. The molecule has 130 valence electrons. The average Bonchev–Trinajstić information content (AvgIpc) is 3.05.